The molecule has 2 aliphatic heterocycles. The van der Waals surface area contributed by atoms with Crippen LogP contribution in [0, 0.1) is 0 Å². The average Bonchev–Trinajstić information content (AvgIpc) is 3.22. The molecule has 2 aromatic carbocycles. The van der Waals surface area contributed by atoms with Crippen molar-refractivity contribution in [1.82, 2.24) is 10.2 Å². The number of carbonyl (C=O) groups excluding carboxylic acids is 1. The van der Waals surface area contributed by atoms with Crippen LogP contribution in [0.4, 0.5) is 0 Å². The largest absolute Gasteiger partial charge is 0.487 e. The fourth-order valence-electron chi connectivity index (χ4n) is 4.21. The second-order valence-corrected chi connectivity index (χ2v) is 8.39. The van der Waals surface area contributed by atoms with Crippen molar-refractivity contribution >= 4 is 5.91 Å². The molecule has 1 atom stereocenters. The number of amides is 1. The molecular formula is C23H28N2O2. The zero-order valence-electron chi connectivity index (χ0n) is 16.2. The second-order valence-electron chi connectivity index (χ2n) is 8.39. The van der Waals surface area contributed by atoms with Crippen LogP contribution in [0.15, 0.2) is 48.5 Å². The van der Waals surface area contributed by atoms with Gasteiger partial charge in [0.05, 0.1) is 6.54 Å². The van der Waals surface area contributed by atoms with Crippen LogP contribution in [-0.2, 0) is 17.8 Å². The molecule has 0 unspecified atom stereocenters. The Morgan fingerprint density at radius 1 is 1.22 bits per heavy atom. The van der Waals surface area contributed by atoms with E-state index in [0.717, 1.165) is 37.2 Å². The van der Waals surface area contributed by atoms with Gasteiger partial charge in [-0.2, -0.15) is 0 Å². The normalized spacial score (nSPS) is 20.9. The van der Waals surface area contributed by atoms with Gasteiger partial charge in [-0.1, -0.05) is 42.5 Å². The van der Waals surface area contributed by atoms with Gasteiger partial charge in [-0.25, -0.2) is 0 Å². The van der Waals surface area contributed by atoms with Gasteiger partial charge in [0.1, 0.15) is 11.4 Å². The molecule has 2 aromatic rings. The van der Waals surface area contributed by atoms with E-state index in [1.807, 2.05) is 12.1 Å². The first-order chi connectivity index (χ1) is 13.0. The average molecular weight is 364 g/mol. The van der Waals surface area contributed by atoms with E-state index < -0.39 is 0 Å². The molecule has 142 valence electrons. The maximum atomic E-state index is 12.4. The number of rotatable bonds is 5. The predicted molar refractivity (Wildman–Crippen MR) is 107 cm³/mol. The van der Waals surface area contributed by atoms with Crippen molar-refractivity contribution in [3.63, 3.8) is 0 Å². The Labute approximate surface area is 161 Å². The lowest BCUT2D eigenvalue weighted by molar-refractivity contribution is -0.122. The highest BCUT2D eigenvalue weighted by Gasteiger charge is 2.30. The Bertz CT molecular complexity index is 816. The topological polar surface area (TPSA) is 41.6 Å². The monoisotopic (exact) mass is 364 g/mol. The van der Waals surface area contributed by atoms with Crippen LogP contribution in [0.3, 0.4) is 0 Å². The molecule has 2 heterocycles. The molecule has 1 fully saturated rings. The number of fused-ring (bicyclic) bond motifs is 1. The second kappa shape index (κ2) is 7.35. The minimum Gasteiger partial charge on any atom is -0.487 e. The highest BCUT2D eigenvalue weighted by Crippen LogP contribution is 2.35. The zero-order valence-corrected chi connectivity index (χ0v) is 16.2. The summed E-state index contributed by atoms with van der Waals surface area (Å²) in [5.74, 6) is 1.61. The number of nitrogens with one attached hydrogen (secondary N) is 1. The van der Waals surface area contributed by atoms with Crippen molar-refractivity contribution in [3.05, 3.63) is 65.2 Å². The quantitative estimate of drug-likeness (QED) is 0.883. The molecule has 1 N–H and O–H groups in total. The molecule has 4 rings (SSSR count). The van der Waals surface area contributed by atoms with Gasteiger partial charge in [0, 0.05) is 19.5 Å². The van der Waals surface area contributed by atoms with Crippen LogP contribution in [0.5, 0.6) is 5.75 Å². The number of hydrogen-bond donors (Lipinski definition) is 1. The van der Waals surface area contributed by atoms with Gasteiger partial charge in [0.25, 0.3) is 0 Å². The summed E-state index contributed by atoms with van der Waals surface area (Å²) in [4.78, 5) is 14.6. The molecule has 1 amide bonds. The van der Waals surface area contributed by atoms with Crippen molar-refractivity contribution in [3.8, 4) is 5.75 Å². The first kappa shape index (κ1) is 18.1. The molecule has 27 heavy (non-hydrogen) atoms. The van der Waals surface area contributed by atoms with Crippen LogP contribution in [0.2, 0.25) is 0 Å². The molecule has 2 aliphatic rings. The van der Waals surface area contributed by atoms with Crippen molar-refractivity contribution < 1.29 is 9.53 Å². The van der Waals surface area contributed by atoms with E-state index >= 15 is 0 Å². The van der Waals surface area contributed by atoms with Crippen molar-refractivity contribution in [1.29, 1.82) is 0 Å². The summed E-state index contributed by atoms with van der Waals surface area (Å²) in [6.45, 7) is 7.20. The van der Waals surface area contributed by atoms with E-state index in [4.69, 9.17) is 4.74 Å². The van der Waals surface area contributed by atoms with Gasteiger partial charge >= 0.3 is 0 Å². The van der Waals surface area contributed by atoms with Crippen LogP contribution in [0.1, 0.15) is 42.9 Å². The van der Waals surface area contributed by atoms with Crippen LogP contribution in [-0.4, -0.2) is 36.0 Å². The minimum absolute atomic E-state index is 0.0980. The minimum atomic E-state index is -0.130. The Balaban J connectivity index is 1.26. The number of ether oxygens (including phenoxy) is 1. The van der Waals surface area contributed by atoms with E-state index in [1.54, 1.807) is 0 Å². The lowest BCUT2D eigenvalue weighted by atomic mass is 9.99. The summed E-state index contributed by atoms with van der Waals surface area (Å²) in [7, 11) is 0. The molecule has 4 heteroatoms. The lowest BCUT2D eigenvalue weighted by Gasteiger charge is -2.16. The smallest absolute Gasteiger partial charge is 0.234 e. The fraction of sp³-hybridized carbons (Fsp3) is 0.435. The molecular weight excluding hydrogens is 336 g/mol. The first-order valence-electron chi connectivity index (χ1n) is 9.83. The third-order valence-electron chi connectivity index (χ3n) is 5.53. The summed E-state index contributed by atoms with van der Waals surface area (Å²) in [5, 5.41) is 3.07. The maximum Gasteiger partial charge on any atom is 0.234 e. The summed E-state index contributed by atoms with van der Waals surface area (Å²) in [6.07, 6.45) is 2.04. The van der Waals surface area contributed by atoms with Crippen LogP contribution >= 0.6 is 0 Å². The van der Waals surface area contributed by atoms with Crippen molar-refractivity contribution in [2.75, 3.05) is 19.6 Å². The fourth-order valence-corrected chi connectivity index (χ4v) is 4.21. The Kier molecular flexibility index (Phi) is 4.92. The van der Waals surface area contributed by atoms with Crippen LogP contribution < -0.4 is 10.1 Å². The Morgan fingerprint density at radius 3 is 2.85 bits per heavy atom. The number of nitrogens with zero attached hydrogens (tertiary/aromatic N) is 1. The van der Waals surface area contributed by atoms with E-state index in [9.17, 15) is 4.79 Å². The van der Waals surface area contributed by atoms with Gasteiger partial charge in [-0.05, 0) is 55.5 Å². The molecule has 1 saturated heterocycles. The first-order valence-corrected chi connectivity index (χ1v) is 9.83. The van der Waals surface area contributed by atoms with Gasteiger partial charge in [0.15, 0.2) is 0 Å². The molecule has 0 bridgehead atoms. The van der Waals surface area contributed by atoms with Gasteiger partial charge in [-0.15, -0.1) is 0 Å². The molecule has 0 aliphatic carbocycles. The van der Waals surface area contributed by atoms with E-state index in [-0.39, 0.29) is 11.5 Å². The molecule has 4 nitrogen and oxygen atoms in total. The molecule has 0 radical (unpaired) electrons. The number of hydrogen-bond acceptors (Lipinski definition) is 3. The summed E-state index contributed by atoms with van der Waals surface area (Å²) >= 11 is 0. The molecule has 0 saturated carbocycles. The van der Waals surface area contributed by atoms with E-state index in [0.29, 0.717) is 19.0 Å². The highest BCUT2D eigenvalue weighted by molar-refractivity contribution is 5.78. The summed E-state index contributed by atoms with van der Waals surface area (Å²) in [6, 6.07) is 16.8. The van der Waals surface area contributed by atoms with Gasteiger partial charge in [0.2, 0.25) is 5.91 Å². The molecule has 0 aromatic heterocycles. The molecule has 0 spiro atoms. The van der Waals surface area contributed by atoms with Crippen LogP contribution in [0.25, 0.3) is 0 Å². The lowest BCUT2D eigenvalue weighted by Crippen LogP contribution is -2.35. The van der Waals surface area contributed by atoms with Crippen molar-refractivity contribution in [2.45, 2.75) is 44.8 Å². The predicted octanol–water partition coefficient (Wildman–Crippen LogP) is 3.51. The third kappa shape index (κ3) is 4.33. The zero-order chi connectivity index (χ0) is 18.9. The third-order valence-corrected chi connectivity index (χ3v) is 5.53. The Morgan fingerprint density at radius 2 is 2.04 bits per heavy atom. The van der Waals surface area contributed by atoms with Crippen molar-refractivity contribution in [2.24, 2.45) is 0 Å². The van der Waals surface area contributed by atoms with Gasteiger partial charge < -0.3 is 10.1 Å². The maximum absolute atomic E-state index is 12.4. The number of carbonyl (C=O) groups is 1. The highest BCUT2D eigenvalue weighted by atomic mass is 16.5. The Hall–Kier alpha value is -2.33. The van der Waals surface area contributed by atoms with E-state index in [2.05, 4.69) is 60.5 Å². The SMILES string of the molecule is CC1(C)Cc2cc(CNC(=O)CN3CC[C@H](c4ccccc4)C3)ccc2O1. The van der Waals surface area contributed by atoms with Gasteiger partial charge in [-0.3, -0.25) is 9.69 Å². The standard InChI is InChI=1S/C23H28N2O2/c1-23(2)13-20-12-17(8-9-21(20)27-23)14-24-22(26)16-25-11-10-19(15-25)18-6-4-3-5-7-18/h3-9,12,19H,10-11,13-16H2,1-2H3,(H,24,26)/t19-/m0/s1. The summed E-state index contributed by atoms with van der Waals surface area (Å²) in [5.41, 5.74) is 3.61. The number of benzene rings is 2. The van der Waals surface area contributed by atoms with E-state index in [1.165, 1.54) is 11.1 Å². The number of likely N-dealkylation sites (tertiary alicyclic amines) is 1. The summed E-state index contributed by atoms with van der Waals surface area (Å²) < 4.78 is 5.92.